The molecule has 2 aromatic carbocycles. The average molecular weight is 450 g/mol. The van der Waals surface area contributed by atoms with Crippen molar-refractivity contribution in [3.63, 3.8) is 0 Å². The monoisotopic (exact) mass is 449 g/mol. The lowest BCUT2D eigenvalue weighted by Gasteiger charge is -2.22. The van der Waals surface area contributed by atoms with Gasteiger partial charge in [-0.05, 0) is 36.4 Å². The number of benzene rings is 2. The van der Waals surface area contributed by atoms with Crippen LogP contribution in [0.15, 0.2) is 64.5 Å². The third-order valence-electron chi connectivity index (χ3n) is 3.81. The second-order valence-corrected chi connectivity index (χ2v) is 10.1. The van der Waals surface area contributed by atoms with Crippen LogP contribution in [0.3, 0.4) is 0 Å². The normalized spacial score (nSPS) is 13.6. The molecular weight excluding hydrogens is 430 g/mol. The maximum Gasteiger partial charge on any atom is 0.270 e. The molecule has 0 fully saturated rings. The number of hydrogen-bond donors (Lipinski definition) is 1. The average Bonchev–Trinajstić information content (AvgIpc) is 3.21. The van der Waals surface area contributed by atoms with Crippen LogP contribution in [-0.4, -0.2) is 42.7 Å². The van der Waals surface area contributed by atoms with E-state index in [-0.39, 0.29) is 22.2 Å². The number of sulfonamides is 1. The van der Waals surface area contributed by atoms with Crippen molar-refractivity contribution in [3.8, 4) is 0 Å². The Morgan fingerprint density at radius 2 is 1.83 bits per heavy atom. The minimum atomic E-state index is -4.13. The van der Waals surface area contributed by atoms with Gasteiger partial charge in [0.1, 0.15) is 4.38 Å². The van der Waals surface area contributed by atoms with E-state index in [1.54, 1.807) is 42.1 Å². The molecular formula is C19H19N3O4S3. The highest BCUT2D eigenvalue weighted by Crippen LogP contribution is 2.27. The Balaban J connectivity index is 1.89. The van der Waals surface area contributed by atoms with Gasteiger partial charge in [0.05, 0.1) is 22.9 Å². The molecule has 10 heteroatoms. The molecule has 1 N–H and O–H groups in total. The van der Waals surface area contributed by atoms with Gasteiger partial charge in [0.2, 0.25) is 5.91 Å². The molecule has 0 aliphatic carbocycles. The number of rotatable bonds is 6. The summed E-state index contributed by atoms with van der Waals surface area (Å²) in [6.07, 6.45) is 0. The Kier molecular flexibility index (Phi) is 6.99. The number of nitrogens with zero attached hydrogens (tertiary/aromatic N) is 2. The van der Waals surface area contributed by atoms with E-state index in [2.05, 4.69) is 10.3 Å². The number of para-hydroxylation sites is 1. The predicted octanol–water partition coefficient (Wildman–Crippen LogP) is 3.20. The number of hydrogen-bond acceptors (Lipinski definition) is 7. The van der Waals surface area contributed by atoms with Crippen LogP contribution in [0.2, 0.25) is 0 Å². The van der Waals surface area contributed by atoms with E-state index in [1.807, 2.05) is 0 Å². The molecule has 3 rings (SSSR count). The van der Waals surface area contributed by atoms with Gasteiger partial charge in [-0.3, -0.25) is 14.6 Å². The second kappa shape index (κ2) is 9.47. The number of amides is 2. The van der Waals surface area contributed by atoms with Crippen molar-refractivity contribution in [1.29, 1.82) is 0 Å². The summed E-state index contributed by atoms with van der Waals surface area (Å²) in [6.45, 7) is 2.08. The smallest absolute Gasteiger partial charge is 0.270 e. The zero-order chi connectivity index (χ0) is 20.9. The van der Waals surface area contributed by atoms with Gasteiger partial charge in [-0.2, -0.15) is 0 Å². The summed E-state index contributed by atoms with van der Waals surface area (Å²) in [6, 6.07) is 14.0. The quantitative estimate of drug-likeness (QED) is 0.728. The van der Waals surface area contributed by atoms with Crippen LogP contribution in [0.25, 0.3) is 0 Å². The van der Waals surface area contributed by atoms with Crippen LogP contribution in [0.1, 0.15) is 6.92 Å². The van der Waals surface area contributed by atoms with Gasteiger partial charge in [0, 0.05) is 18.4 Å². The molecule has 2 amide bonds. The summed E-state index contributed by atoms with van der Waals surface area (Å²) >= 11 is 2.81. The largest absolute Gasteiger partial charge is 0.326 e. The fraction of sp³-hybridized carbons (Fsp3) is 0.211. The highest BCUT2D eigenvalue weighted by molar-refractivity contribution is 8.39. The zero-order valence-corrected chi connectivity index (χ0v) is 18.0. The van der Waals surface area contributed by atoms with Gasteiger partial charge in [-0.15, -0.1) is 0 Å². The van der Waals surface area contributed by atoms with Crippen LogP contribution < -0.4 is 9.62 Å². The molecule has 1 heterocycles. The van der Waals surface area contributed by atoms with E-state index in [0.29, 0.717) is 12.2 Å². The summed E-state index contributed by atoms with van der Waals surface area (Å²) in [7, 11) is -4.13. The summed E-state index contributed by atoms with van der Waals surface area (Å²) in [5.41, 5.74) is 0.742. The van der Waals surface area contributed by atoms with Crippen molar-refractivity contribution in [1.82, 2.24) is 0 Å². The molecule has 2 aromatic rings. The molecule has 152 valence electrons. The summed E-state index contributed by atoms with van der Waals surface area (Å²) in [4.78, 5) is 28.3. The van der Waals surface area contributed by atoms with Crippen LogP contribution in [0.5, 0.6) is 0 Å². The van der Waals surface area contributed by atoms with Gasteiger partial charge in [-0.1, -0.05) is 41.7 Å². The summed E-state index contributed by atoms with van der Waals surface area (Å²) < 4.78 is 28.2. The lowest BCUT2D eigenvalue weighted by molar-refractivity contribution is -0.115. The van der Waals surface area contributed by atoms with Crippen molar-refractivity contribution in [2.45, 2.75) is 11.8 Å². The van der Waals surface area contributed by atoms with E-state index >= 15 is 0 Å². The highest BCUT2D eigenvalue weighted by atomic mass is 32.2. The number of carbonyl (C=O) groups is 2. The van der Waals surface area contributed by atoms with Crippen LogP contribution >= 0.6 is 23.5 Å². The number of carbonyl (C=O) groups excluding carboxylic acids is 2. The predicted molar refractivity (Wildman–Crippen MR) is 119 cm³/mol. The van der Waals surface area contributed by atoms with Crippen LogP contribution in [-0.2, 0) is 19.6 Å². The minimum Gasteiger partial charge on any atom is -0.326 e. The highest BCUT2D eigenvalue weighted by Gasteiger charge is 2.31. The van der Waals surface area contributed by atoms with E-state index in [9.17, 15) is 18.0 Å². The molecule has 0 spiro atoms. The Labute approximate surface area is 178 Å². The van der Waals surface area contributed by atoms with E-state index in [0.717, 1.165) is 14.4 Å². The number of nitrogens with one attached hydrogen (secondary N) is 1. The Morgan fingerprint density at radius 3 is 2.41 bits per heavy atom. The maximum absolute atomic E-state index is 13.3. The molecule has 0 saturated carbocycles. The minimum absolute atomic E-state index is 0.0378. The topological polar surface area (TPSA) is 95.9 Å². The SMILES string of the molecule is CC(=O)Nc1ccc(S(=O)(=O)N(C(=O)CSC2=NCCS2)c2ccccc2)cc1. The molecule has 0 atom stereocenters. The van der Waals surface area contributed by atoms with Gasteiger partial charge < -0.3 is 5.32 Å². The molecule has 7 nitrogen and oxygen atoms in total. The Bertz CT molecular complexity index is 1020. The van der Waals surface area contributed by atoms with Crippen molar-refractivity contribution in [2.75, 3.05) is 27.7 Å². The fourth-order valence-electron chi connectivity index (χ4n) is 2.58. The third-order valence-corrected chi connectivity index (χ3v) is 7.81. The first-order valence-electron chi connectivity index (χ1n) is 8.69. The third kappa shape index (κ3) is 5.40. The van der Waals surface area contributed by atoms with E-state index < -0.39 is 15.9 Å². The standard InChI is InChI=1S/C19H19N3O4S3/c1-14(23)21-15-7-9-17(10-8-15)29(25,26)22(16-5-3-2-4-6-16)18(24)13-28-19-20-11-12-27-19/h2-10H,11-13H2,1H3,(H,21,23). The van der Waals surface area contributed by atoms with E-state index in [1.165, 1.54) is 43.0 Å². The molecule has 1 aliphatic rings. The second-order valence-electron chi connectivity index (χ2n) is 5.99. The number of aliphatic imine (C=N–C) groups is 1. The van der Waals surface area contributed by atoms with Gasteiger partial charge >= 0.3 is 0 Å². The van der Waals surface area contributed by atoms with Crippen molar-refractivity contribution in [2.24, 2.45) is 4.99 Å². The lowest BCUT2D eigenvalue weighted by Crippen LogP contribution is -2.38. The van der Waals surface area contributed by atoms with Gasteiger partial charge in [0.15, 0.2) is 0 Å². The van der Waals surface area contributed by atoms with Crippen molar-refractivity contribution in [3.05, 3.63) is 54.6 Å². The first-order valence-corrected chi connectivity index (χ1v) is 12.1. The first-order chi connectivity index (χ1) is 13.9. The molecule has 0 radical (unpaired) electrons. The zero-order valence-electron chi connectivity index (χ0n) is 15.6. The lowest BCUT2D eigenvalue weighted by atomic mass is 10.3. The molecule has 0 bridgehead atoms. The molecule has 29 heavy (non-hydrogen) atoms. The fourth-order valence-corrected chi connectivity index (χ4v) is 5.95. The molecule has 0 aromatic heterocycles. The van der Waals surface area contributed by atoms with Crippen LogP contribution in [0.4, 0.5) is 11.4 Å². The molecule has 0 unspecified atom stereocenters. The summed E-state index contributed by atoms with van der Waals surface area (Å²) in [5, 5.41) is 2.59. The van der Waals surface area contributed by atoms with Crippen LogP contribution in [0, 0.1) is 0 Å². The first kappa shape index (κ1) is 21.4. The van der Waals surface area contributed by atoms with Crippen molar-refractivity contribution < 1.29 is 18.0 Å². The Morgan fingerprint density at radius 1 is 1.14 bits per heavy atom. The summed E-state index contributed by atoms with van der Waals surface area (Å²) in [5.74, 6) is 0.0238. The van der Waals surface area contributed by atoms with Gasteiger partial charge in [-0.25, -0.2) is 12.7 Å². The molecule has 0 saturated heterocycles. The van der Waals surface area contributed by atoms with E-state index in [4.69, 9.17) is 0 Å². The molecule has 1 aliphatic heterocycles. The maximum atomic E-state index is 13.3. The number of anilines is 2. The van der Waals surface area contributed by atoms with Crippen molar-refractivity contribution >= 4 is 61.1 Å². The number of thioether (sulfide) groups is 2. The Hall–Kier alpha value is -2.30. The van der Waals surface area contributed by atoms with Gasteiger partial charge in [0.25, 0.3) is 15.9 Å².